The van der Waals surface area contributed by atoms with Crippen LogP contribution in [0.1, 0.15) is 42.5 Å². The van der Waals surface area contributed by atoms with Crippen LogP contribution >= 0.6 is 0 Å². The van der Waals surface area contributed by atoms with Gasteiger partial charge in [-0.3, -0.25) is 0 Å². The van der Waals surface area contributed by atoms with Crippen molar-refractivity contribution in [2.75, 3.05) is 18.0 Å². The van der Waals surface area contributed by atoms with Gasteiger partial charge in [0.1, 0.15) is 11.6 Å². The highest BCUT2D eigenvalue weighted by atomic mass is 19.3. The van der Waals surface area contributed by atoms with Crippen molar-refractivity contribution in [3.8, 4) is 0 Å². The molecule has 1 saturated heterocycles. The van der Waals surface area contributed by atoms with Crippen molar-refractivity contribution in [1.82, 2.24) is 29.8 Å². The number of aryl methyl sites for hydroxylation is 1. The number of anilines is 1. The maximum atomic E-state index is 13.0. The molecule has 3 aromatic heterocycles. The molecular formula is C16H17F2N7. The van der Waals surface area contributed by atoms with E-state index in [9.17, 15) is 8.78 Å². The van der Waals surface area contributed by atoms with Gasteiger partial charge < -0.3 is 4.90 Å². The van der Waals surface area contributed by atoms with Crippen LogP contribution in [0.25, 0.3) is 5.65 Å². The minimum absolute atomic E-state index is 0.267. The van der Waals surface area contributed by atoms with E-state index in [0.717, 1.165) is 42.0 Å². The van der Waals surface area contributed by atoms with Gasteiger partial charge in [0.05, 0.1) is 0 Å². The number of nitrogens with zero attached hydrogens (tertiary/aromatic N) is 7. The van der Waals surface area contributed by atoms with Crippen molar-refractivity contribution in [3.63, 3.8) is 0 Å². The third-order valence-corrected chi connectivity index (χ3v) is 4.43. The van der Waals surface area contributed by atoms with Crippen LogP contribution in [-0.4, -0.2) is 42.9 Å². The summed E-state index contributed by atoms with van der Waals surface area (Å²) in [4.78, 5) is 10.8. The van der Waals surface area contributed by atoms with Gasteiger partial charge in [-0.25, -0.2) is 18.7 Å². The average Bonchev–Trinajstić information content (AvgIpc) is 3.05. The molecule has 0 bridgehead atoms. The molecule has 0 aliphatic carbocycles. The van der Waals surface area contributed by atoms with E-state index in [1.54, 1.807) is 18.3 Å². The van der Waals surface area contributed by atoms with Crippen LogP contribution in [0, 0.1) is 6.92 Å². The monoisotopic (exact) mass is 345 g/mol. The molecule has 1 unspecified atom stereocenters. The molecule has 1 atom stereocenters. The summed E-state index contributed by atoms with van der Waals surface area (Å²) in [6, 6.07) is 5.40. The van der Waals surface area contributed by atoms with Crippen molar-refractivity contribution in [3.05, 3.63) is 41.7 Å². The topological polar surface area (TPSA) is 72.1 Å². The molecule has 1 aliphatic rings. The molecule has 4 heterocycles. The van der Waals surface area contributed by atoms with Crippen LogP contribution in [-0.2, 0) is 0 Å². The lowest BCUT2D eigenvalue weighted by molar-refractivity contribution is 0.137. The third-order valence-electron chi connectivity index (χ3n) is 4.43. The zero-order valence-corrected chi connectivity index (χ0v) is 13.7. The molecule has 1 fully saturated rings. The summed E-state index contributed by atoms with van der Waals surface area (Å²) in [6.45, 7) is 3.43. The van der Waals surface area contributed by atoms with Crippen LogP contribution in [0.3, 0.4) is 0 Å². The summed E-state index contributed by atoms with van der Waals surface area (Å²) >= 11 is 0. The van der Waals surface area contributed by atoms with E-state index in [-0.39, 0.29) is 5.92 Å². The highest BCUT2D eigenvalue weighted by Gasteiger charge is 2.25. The van der Waals surface area contributed by atoms with Crippen molar-refractivity contribution in [2.45, 2.75) is 32.1 Å². The van der Waals surface area contributed by atoms with E-state index >= 15 is 0 Å². The fourth-order valence-electron chi connectivity index (χ4n) is 3.23. The highest BCUT2D eigenvalue weighted by molar-refractivity contribution is 5.46. The smallest absolute Gasteiger partial charge is 0.299 e. The molecule has 0 amide bonds. The Bertz CT molecular complexity index is 895. The second-order valence-corrected chi connectivity index (χ2v) is 6.13. The van der Waals surface area contributed by atoms with E-state index in [2.05, 4.69) is 30.2 Å². The minimum atomic E-state index is -2.71. The number of piperidine rings is 1. The Balaban J connectivity index is 1.62. The molecule has 0 N–H and O–H groups in total. The predicted octanol–water partition coefficient (Wildman–Crippen LogP) is 2.54. The lowest BCUT2D eigenvalue weighted by Crippen LogP contribution is -2.35. The minimum Gasteiger partial charge on any atom is -0.355 e. The van der Waals surface area contributed by atoms with Crippen LogP contribution < -0.4 is 4.90 Å². The second kappa shape index (κ2) is 6.30. The normalized spacial score (nSPS) is 18.2. The van der Waals surface area contributed by atoms with Crippen molar-refractivity contribution in [1.29, 1.82) is 0 Å². The van der Waals surface area contributed by atoms with Gasteiger partial charge in [-0.1, -0.05) is 0 Å². The highest BCUT2D eigenvalue weighted by Crippen LogP contribution is 2.28. The molecule has 0 radical (unpaired) electrons. The van der Waals surface area contributed by atoms with Crippen LogP contribution in [0.15, 0.2) is 24.4 Å². The number of alkyl halides is 2. The maximum Gasteiger partial charge on any atom is 0.299 e. The van der Waals surface area contributed by atoms with Crippen LogP contribution in [0.5, 0.6) is 0 Å². The Kier molecular flexibility index (Phi) is 3.98. The molecule has 7 nitrogen and oxygen atoms in total. The molecule has 130 valence electrons. The first-order valence-electron chi connectivity index (χ1n) is 8.17. The van der Waals surface area contributed by atoms with Gasteiger partial charge in [-0.05, 0) is 38.0 Å². The quantitative estimate of drug-likeness (QED) is 0.726. The molecule has 1 aliphatic heterocycles. The summed E-state index contributed by atoms with van der Waals surface area (Å²) in [5, 5.41) is 11.6. The zero-order valence-electron chi connectivity index (χ0n) is 13.7. The number of halogens is 2. The predicted molar refractivity (Wildman–Crippen MR) is 86.7 cm³/mol. The van der Waals surface area contributed by atoms with Crippen molar-refractivity contribution in [2.24, 2.45) is 0 Å². The van der Waals surface area contributed by atoms with Gasteiger partial charge in [0.15, 0.2) is 5.65 Å². The number of hydrogen-bond acceptors (Lipinski definition) is 6. The van der Waals surface area contributed by atoms with Crippen molar-refractivity contribution < 1.29 is 8.78 Å². The summed E-state index contributed by atoms with van der Waals surface area (Å²) < 4.78 is 27.2. The third kappa shape index (κ3) is 3.01. The molecule has 0 aromatic carbocycles. The van der Waals surface area contributed by atoms with Gasteiger partial charge in [-0.15, -0.1) is 15.3 Å². The van der Waals surface area contributed by atoms with E-state index in [1.807, 2.05) is 13.0 Å². The molecule has 25 heavy (non-hydrogen) atoms. The molecule has 0 spiro atoms. The Morgan fingerprint density at radius 2 is 2.08 bits per heavy atom. The second-order valence-electron chi connectivity index (χ2n) is 6.13. The molecule has 3 aromatic rings. The van der Waals surface area contributed by atoms with Crippen LogP contribution in [0.4, 0.5) is 14.6 Å². The first-order chi connectivity index (χ1) is 12.1. The van der Waals surface area contributed by atoms with Gasteiger partial charge in [0, 0.05) is 30.9 Å². The zero-order chi connectivity index (χ0) is 17.4. The number of rotatable bonds is 3. The van der Waals surface area contributed by atoms with Gasteiger partial charge in [0.25, 0.3) is 6.43 Å². The summed E-state index contributed by atoms with van der Waals surface area (Å²) in [5.41, 5.74) is 1.33. The van der Waals surface area contributed by atoms with Crippen LogP contribution in [0.2, 0.25) is 0 Å². The summed E-state index contributed by atoms with van der Waals surface area (Å²) in [7, 11) is 0. The Labute approximate surface area is 142 Å². The maximum absolute atomic E-state index is 13.0. The summed E-state index contributed by atoms with van der Waals surface area (Å²) in [6.07, 6.45) is 1.07. The van der Waals surface area contributed by atoms with Gasteiger partial charge in [-0.2, -0.15) is 4.52 Å². The fraction of sp³-hybridized carbons (Fsp3) is 0.438. The molecule has 9 heteroatoms. The molecule has 0 saturated carbocycles. The lowest BCUT2D eigenvalue weighted by Gasteiger charge is -2.33. The Hall–Kier alpha value is -2.71. The van der Waals surface area contributed by atoms with E-state index in [4.69, 9.17) is 0 Å². The average molecular weight is 345 g/mol. The van der Waals surface area contributed by atoms with Gasteiger partial charge >= 0.3 is 0 Å². The van der Waals surface area contributed by atoms with E-state index in [1.165, 1.54) is 0 Å². The fourth-order valence-corrected chi connectivity index (χ4v) is 3.23. The Morgan fingerprint density at radius 3 is 2.88 bits per heavy atom. The first kappa shape index (κ1) is 15.8. The lowest BCUT2D eigenvalue weighted by atomic mass is 9.94. The molecule has 4 rings (SSSR count). The van der Waals surface area contributed by atoms with Gasteiger partial charge in [0.2, 0.25) is 5.82 Å². The Morgan fingerprint density at radius 1 is 1.20 bits per heavy atom. The SMILES string of the molecule is Cc1nccc(C2CCCN(c3ccc4nnc(C(F)F)n4n3)C2)n1. The first-order valence-corrected chi connectivity index (χ1v) is 8.17. The largest absolute Gasteiger partial charge is 0.355 e. The molecular weight excluding hydrogens is 328 g/mol. The van der Waals surface area contributed by atoms with E-state index < -0.39 is 12.2 Å². The summed E-state index contributed by atoms with van der Waals surface area (Å²) in [5.74, 6) is 1.23. The van der Waals surface area contributed by atoms with Crippen molar-refractivity contribution >= 4 is 11.5 Å². The number of hydrogen-bond donors (Lipinski definition) is 0. The number of aromatic nitrogens is 6. The van der Waals surface area contributed by atoms with E-state index in [0.29, 0.717) is 11.5 Å². The standard InChI is InChI=1S/C16H17F2N7/c1-10-19-7-6-12(20-10)11-3-2-8-24(9-11)14-5-4-13-21-22-16(15(17)18)25(13)23-14/h4-7,11,15H,2-3,8-9H2,1H3. The number of fused-ring (bicyclic) bond motifs is 1.